The van der Waals surface area contributed by atoms with E-state index in [2.05, 4.69) is 5.32 Å². The minimum Gasteiger partial charge on any atom is -0.492 e. The minimum absolute atomic E-state index is 0.220. The van der Waals surface area contributed by atoms with E-state index in [9.17, 15) is 9.59 Å². The molecule has 1 aromatic rings. The second-order valence-electron chi connectivity index (χ2n) is 4.39. The van der Waals surface area contributed by atoms with E-state index < -0.39 is 11.8 Å². The topological polar surface area (TPSA) is 79.2 Å². The van der Waals surface area contributed by atoms with Gasteiger partial charge in [0.15, 0.2) is 11.7 Å². The van der Waals surface area contributed by atoms with Gasteiger partial charge in [-0.3, -0.25) is 9.59 Å². The first kappa shape index (κ1) is 18.1. The van der Waals surface area contributed by atoms with Gasteiger partial charge in [0.25, 0.3) is 0 Å². The molecule has 22 heavy (non-hydrogen) atoms. The molecule has 118 valence electrons. The Bertz CT molecular complexity index is 555. The predicted octanol–water partition coefficient (Wildman–Crippen LogP) is 2.88. The molecule has 1 rings (SSSR count). The molecule has 0 aliphatic carbocycles. The van der Waals surface area contributed by atoms with Gasteiger partial charge in [-0.15, -0.1) is 0 Å². The van der Waals surface area contributed by atoms with Crippen LogP contribution in [0.5, 0.6) is 5.75 Å². The highest BCUT2D eigenvalue weighted by Crippen LogP contribution is 2.24. The first-order valence-corrected chi connectivity index (χ1v) is 8.32. The number of para-hydroxylation sites is 2. The molecule has 0 aliphatic rings. The van der Waals surface area contributed by atoms with Crippen LogP contribution in [-0.4, -0.2) is 29.8 Å². The van der Waals surface area contributed by atoms with Gasteiger partial charge in [0.2, 0.25) is 5.91 Å². The number of ketones is 1. The number of hydrogen-bond donors (Lipinski definition) is 1. The molecule has 1 N–H and O–H groups in total. The summed E-state index contributed by atoms with van der Waals surface area (Å²) in [5.74, 6) is -0.207. The molecule has 0 aliphatic heterocycles. The first-order valence-electron chi connectivity index (χ1n) is 7.16. The average Bonchev–Trinajstić information content (AvgIpc) is 2.50. The Morgan fingerprint density at radius 1 is 1.36 bits per heavy atom. The van der Waals surface area contributed by atoms with Crippen LogP contribution in [0.2, 0.25) is 0 Å². The normalized spacial score (nSPS) is 11.3. The van der Waals surface area contributed by atoms with Gasteiger partial charge in [-0.05, 0) is 24.8 Å². The number of ether oxygens (including phenoxy) is 1. The van der Waals surface area contributed by atoms with E-state index >= 15 is 0 Å². The molecule has 0 aromatic heterocycles. The van der Waals surface area contributed by atoms with Crippen molar-refractivity contribution in [1.82, 2.24) is 0 Å². The molecule has 1 unspecified atom stereocenters. The zero-order valence-corrected chi connectivity index (χ0v) is 13.6. The van der Waals surface area contributed by atoms with Crippen molar-refractivity contribution in [3.8, 4) is 11.8 Å². The van der Waals surface area contributed by atoms with Crippen molar-refractivity contribution < 1.29 is 14.3 Å². The van der Waals surface area contributed by atoms with Crippen molar-refractivity contribution in [3.05, 3.63) is 24.3 Å². The molecular weight excluding hydrogens is 300 g/mol. The lowest BCUT2D eigenvalue weighted by Gasteiger charge is -2.13. The molecule has 0 saturated heterocycles. The number of benzene rings is 1. The molecule has 0 bridgehead atoms. The standard InChI is InChI=1S/C16H20N2O3S/c1-3-21-15-8-6-5-7-13(15)18-16(20)12(11-17)14(19)9-10-22-4-2/h5-8,12H,3-4,9-10H2,1-2H3,(H,18,20). The summed E-state index contributed by atoms with van der Waals surface area (Å²) in [5, 5.41) is 11.7. The molecular formula is C16H20N2O3S. The molecule has 1 aromatic carbocycles. The van der Waals surface area contributed by atoms with Crippen LogP contribution in [-0.2, 0) is 9.59 Å². The van der Waals surface area contributed by atoms with Crippen molar-refractivity contribution in [2.75, 3.05) is 23.4 Å². The monoisotopic (exact) mass is 320 g/mol. The summed E-state index contributed by atoms with van der Waals surface area (Å²) in [7, 11) is 0. The van der Waals surface area contributed by atoms with Gasteiger partial charge < -0.3 is 10.1 Å². The molecule has 0 radical (unpaired) electrons. The fourth-order valence-electron chi connectivity index (χ4n) is 1.79. The third kappa shape index (κ3) is 5.41. The number of nitriles is 1. The molecule has 0 heterocycles. The quantitative estimate of drug-likeness (QED) is 0.559. The van der Waals surface area contributed by atoms with Crippen LogP contribution in [0.15, 0.2) is 24.3 Å². The smallest absolute Gasteiger partial charge is 0.249 e. The van der Waals surface area contributed by atoms with E-state index in [-0.39, 0.29) is 12.2 Å². The second kappa shape index (κ2) is 9.85. The van der Waals surface area contributed by atoms with Crippen LogP contribution in [0.25, 0.3) is 0 Å². The Morgan fingerprint density at radius 3 is 2.73 bits per heavy atom. The van der Waals surface area contributed by atoms with E-state index in [1.165, 1.54) is 0 Å². The van der Waals surface area contributed by atoms with Gasteiger partial charge in [-0.25, -0.2) is 0 Å². The predicted molar refractivity (Wildman–Crippen MR) is 88.0 cm³/mol. The zero-order chi connectivity index (χ0) is 16.4. The van der Waals surface area contributed by atoms with E-state index in [0.29, 0.717) is 23.8 Å². The van der Waals surface area contributed by atoms with E-state index in [0.717, 1.165) is 5.75 Å². The molecule has 0 saturated carbocycles. The summed E-state index contributed by atoms with van der Waals surface area (Å²) >= 11 is 1.61. The van der Waals surface area contributed by atoms with E-state index in [1.807, 2.05) is 13.8 Å². The Kier molecular flexibility index (Phi) is 8.08. The third-order valence-corrected chi connectivity index (χ3v) is 3.76. The molecule has 0 spiro atoms. The lowest BCUT2D eigenvalue weighted by Crippen LogP contribution is -2.29. The fourth-order valence-corrected chi connectivity index (χ4v) is 2.43. The van der Waals surface area contributed by atoms with Crippen LogP contribution in [0.3, 0.4) is 0 Å². The minimum atomic E-state index is -1.29. The summed E-state index contributed by atoms with van der Waals surface area (Å²) in [6.07, 6.45) is 0.220. The molecule has 0 fully saturated rings. The number of Topliss-reactive ketones (excluding diaryl/α,β-unsaturated/α-hetero) is 1. The van der Waals surface area contributed by atoms with Crippen LogP contribution >= 0.6 is 11.8 Å². The highest BCUT2D eigenvalue weighted by molar-refractivity contribution is 7.99. The lowest BCUT2D eigenvalue weighted by molar-refractivity contribution is -0.128. The number of anilines is 1. The average molecular weight is 320 g/mol. The maximum atomic E-state index is 12.2. The van der Waals surface area contributed by atoms with Crippen molar-refractivity contribution in [3.63, 3.8) is 0 Å². The Labute approximate surface area is 135 Å². The molecule has 1 amide bonds. The fraction of sp³-hybridized carbons (Fsp3) is 0.438. The number of thioether (sulfide) groups is 1. The molecule has 1 atom stereocenters. The number of nitrogens with one attached hydrogen (secondary N) is 1. The highest BCUT2D eigenvalue weighted by atomic mass is 32.2. The number of amides is 1. The third-order valence-electron chi connectivity index (χ3n) is 2.85. The van der Waals surface area contributed by atoms with Crippen LogP contribution in [0.1, 0.15) is 20.3 Å². The number of carbonyl (C=O) groups excluding carboxylic acids is 2. The lowest BCUT2D eigenvalue weighted by atomic mass is 10.0. The van der Waals surface area contributed by atoms with Gasteiger partial charge >= 0.3 is 0 Å². The van der Waals surface area contributed by atoms with Crippen molar-refractivity contribution in [2.24, 2.45) is 5.92 Å². The van der Waals surface area contributed by atoms with E-state index in [4.69, 9.17) is 10.00 Å². The summed E-state index contributed by atoms with van der Waals surface area (Å²) in [4.78, 5) is 24.1. The number of rotatable bonds is 9. The van der Waals surface area contributed by atoms with Crippen LogP contribution in [0, 0.1) is 17.2 Å². The van der Waals surface area contributed by atoms with Crippen LogP contribution in [0.4, 0.5) is 5.69 Å². The van der Waals surface area contributed by atoms with Crippen molar-refractivity contribution in [2.45, 2.75) is 20.3 Å². The van der Waals surface area contributed by atoms with Gasteiger partial charge in [0, 0.05) is 12.2 Å². The summed E-state index contributed by atoms with van der Waals surface area (Å²) in [5.41, 5.74) is 0.463. The Hall–Kier alpha value is -2.00. The van der Waals surface area contributed by atoms with E-state index in [1.54, 1.807) is 42.1 Å². The molecule has 5 nitrogen and oxygen atoms in total. The largest absolute Gasteiger partial charge is 0.492 e. The summed E-state index contributed by atoms with van der Waals surface area (Å²) < 4.78 is 5.41. The maximum Gasteiger partial charge on any atom is 0.249 e. The maximum absolute atomic E-state index is 12.2. The zero-order valence-electron chi connectivity index (χ0n) is 12.8. The van der Waals surface area contributed by atoms with Crippen LogP contribution < -0.4 is 10.1 Å². The number of nitrogens with zero attached hydrogens (tertiary/aromatic N) is 1. The molecule has 6 heteroatoms. The second-order valence-corrected chi connectivity index (χ2v) is 5.79. The summed E-state index contributed by atoms with van der Waals surface area (Å²) in [6, 6.07) is 8.72. The van der Waals surface area contributed by atoms with Gasteiger partial charge in [-0.1, -0.05) is 19.1 Å². The van der Waals surface area contributed by atoms with Crippen molar-refractivity contribution >= 4 is 29.1 Å². The Morgan fingerprint density at radius 2 is 2.09 bits per heavy atom. The number of hydrogen-bond acceptors (Lipinski definition) is 5. The SMILES string of the molecule is CCOc1ccccc1NC(=O)C(C#N)C(=O)CCSCC. The first-order chi connectivity index (χ1) is 10.6. The Balaban J connectivity index is 2.73. The van der Waals surface area contributed by atoms with Gasteiger partial charge in [0.05, 0.1) is 18.4 Å². The highest BCUT2D eigenvalue weighted by Gasteiger charge is 2.26. The number of carbonyl (C=O) groups is 2. The van der Waals surface area contributed by atoms with Crippen molar-refractivity contribution in [1.29, 1.82) is 5.26 Å². The van der Waals surface area contributed by atoms with Gasteiger partial charge in [-0.2, -0.15) is 17.0 Å². The summed E-state index contributed by atoms with van der Waals surface area (Å²) in [6.45, 7) is 4.29. The van der Waals surface area contributed by atoms with Gasteiger partial charge in [0.1, 0.15) is 5.75 Å².